The van der Waals surface area contributed by atoms with Crippen LogP contribution in [0.5, 0.6) is 0 Å². The first-order valence-electron chi connectivity index (χ1n) is 8.16. The van der Waals surface area contributed by atoms with E-state index in [9.17, 15) is 12.8 Å². The molecule has 2 aromatic carbocycles. The molecule has 1 saturated heterocycles. The summed E-state index contributed by atoms with van der Waals surface area (Å²) in [7, 11) is -3.65. The van der Waals surface area contributed by atoms with Crippen LogP contribution in [0.4, 0.5) is 4.39 Å². The van der Waals surface area contributed by atoms with Gasteiger partial charge in [-0.25, -0.2) is 17.5 Å². The Hall–Kier alpha value is -1.80. The first-order valence-corrected chi connectivity index (χ1v) is 9.64. The minimum atomic E-state index is -3.65. The maximum Gasteiger partial charge on any atom is 0.240 e. The molecule has 0 aliphatic carbocycles. The average Bonchev–Trinajstić information content (AvgIpc) is 2.62. The van der Waals surface area contributed by atoms with E-state index >= 15 is 0 Å². The maximum absolute atomic E-state index is 12.9. The largest absolute Gasteiger partial charge is 0.379 e. The van der Waals surface area contributed by atoms with Crippen molar-refractivity contribution in [1.29, 1.82) is 0 Å². The highest BCUT2D eigenvalue weighted by atomic mass is 32.2. The first kappa shape index (κ1) is 18.0. The molecular formula is C18H21FN2O3S. The Morgan fingerprint density at radius 2 is 1.56 bits per heavy atom. The summed E-state index contributed by atoms with van der Waals surface area (Å²) >= 11 is 0. The lowest BCUT2D eigenvalue weighted by Gasteiger charge is -2.26. The zero-order valence-corrected chi connectivity index (χ0v) is 14.6. The number of hydrogen-bond acceptors (Lipinski definition) is 4. The minimum absolute atomic E-state index is 0.0536. The number of benzene rings is 2. The van der Waals surface area contributed by atoms with Gasteiger partial charge in [-0.15, -0.1) is 0 Å². The predicted octanol–water partition coefficient (Wildman–Crippen LogP) is 2.14. The maximum atomic E-state index is 12.9. The fourth-order valence-corrected chi connectivity index (χ4v) is 3.67. The molecule has 134 valence electrons. The molecule has 0 unspecified atom stereocenters. The first-order chi connectivity index (χ1) is 12.0. The number of ether oxygens (including phenoxy) is 1. The summed E-state index contributed by atoms with van der Waals surface area (Å²) in [5, 5.41) is 0. The summed E-state index contributed by atoms with van der Waals surface area (Å²) in [5.74, 6) is -0.463. The number of hydrogen-bond donors (Lipinski definition) is 1. The summed E-state index contributed by atoms with van der Waals surface area (Å²) < 4.78 is 45.2. The number of nitrogens with zero attached hydrogens (tertiary/aromatic N) is 1. The van der Waals surface area contributed by atoms with Crippen molar-refractivity contribution in [2.75, 3.05) is 26.3 Å². The molecule has 1 fully saturated rings. The highest BCUT2D eigenvalue weighted by Crippen LogP contribution is 2.12. The molecule has 0 aromatic heterocycles. The van der Waals surface area contributed by atoms with Crippen LogP contribution in [0.15, 0.2) is 53.4 Å². The van der Waals surface area contributed by atoms with Crippen LogP contribution in [0.1, 0.15) is 11.1 Å². The van der Waals surface area contributed by atoms with Gasteiger partial charge in [0, 0.05) is 26.2 Å². The third-order valence-electron chi connectivity index (χ3n) is 4.12. The van der Waals surface area contributed by atoms with Gasteiger partial charge >= 0.3 is 0 Å². The molecule has 0 bridgehead atoms. The quantitative estimate of drug-likeness (QED) is 0.853. The predicted molar refractivity (Wildman–Crippen MR) is 93.0 cm³/mol. The summed E-state index contributed by atoms with van der Waals surface area (Å²) in [5.41, 5.74) is 2.06. The van der Waals surface area contributed by atoms with Crippen LogP contribution in [-0.4, -0.2) is 39.6 Å². The second kappa shape index (κ2) is 8.05. The summed E-state index contributed by atoms with van der Waals surface area (Å²) in [6, 6.07) is 12.6. The van der Waals surface area contributed by atoms with Gasteiger partial charge in [-0.3, -0.25) is 4.90 Å². The Balaban J connectivity index is 1.56. The zero-order chi connectivity index (χ0) is 17.7. The van der Waals surface area contributed by atoms with E-state index in [0.717, 1.165) is 50.5 Å². The van der Waals surface area contributed by atoms with E-state index in [1.54, 1.807) is 0 Å². The van der Waals surface area contributed by atoms with Crippen LogP contribution in [-0.2, 0) is 27.8 Å². The van der Waals surface area contributed by atoms with Crippen molar-refractivity contribution in [2.45, 2.75) is 18.0 Å². The molecule has 7 heteroatoms. The van der Waals surface area contributed by atoms with E-state index < -0.39 is 15.8 Å². The molecule has 2 aromatic rings. The average molecular weight is 364 g/mol. The van der Waals surface area contributed by atoms with E-state index in [0.29, 0.717) is 0 Å². The standard InChI is InChI=1S/C18H21FN2O3S/c19-17-5-7-18(8-6-17)25(22,23)20-13-15-1-3-16(4-2-15)14-21-9-11-24-12-10-21/h1-8,20H,9-14H2. The van der Waals surface area contributed by atoms with Gasteiger partial charge in [0.05, 0.1) is 18.1 Å². The Morgan fingerprint density at radius 1 is 0.960 bits per heavy atom. The van der Waals surface area contributed by atoms with E-state index in [1.807, 2.05) is 24.3 Å². The molecule has 1 heterocycles. The fraction of sp³-hybridized carbons (Fsp3) is 0.333. The monoisotopic (exact) mass is 364 g/mol. The van der Waals surface area contributed by atoms with Gasteiger partial charge in [0.25, 0.3) is 0 Å². The third-order valence-corrected chi connectivity index (χ3v) is 5.54. The van der Waals surface area contributed by atoms with Crippen molar-refractivity contribution < 1.29 is 17.5 Å². The van der Waals surface area contributed by atoms with Crippen molar-refractivity contribution in [2.24, 2.45) is 0 Å². The molecule has 25 heavy (non-hydrogen) atoms. The Morgan fingerprint density at radius 3 is 2.20 bits per heavy atom. The van der Waals surface area contributed by atoms with Gasteiger partial charge in [-0.05, 0) is 35.4 Å². The molecule has 1 aliphatic rings. The molecule has 3 rings (SSSR count). The molecule has 0 radical (unpaired) electrons. The third kappa shape index (κ3) is 5.09. The SMILES string of the molecule is O=S(=O)(NCc1ccc(CN2CCOCC2)cc1)c1ccc(F)cc1. The fourth-order valence-electron chi connectivity index (χ4n) is 2.66. The smallest absolute Gasteiger partial charge is 0.240 e. The van der Waals surface area contributed by atoms with Crippen LogP contribution >= 0.6 is 0 Å². The van der Waals surface area contributed by atoms with Gasteiger partial charge in [0.2, 0.25) is 10.0 Å². The van der Waals surface area contributed by atoms with Crippen molar-refractivity contribution in [3.8, 4) is 0 Å². The number of nitrogens with one attached hydrogen (secondary N) is 1. The van der Waals surface area contributed by atoms with Crippen LogP contribution in [0.3, 0.4) is 0 Å². The Kier molecular flexibility index (Phi) is 5.80. The Bertz CT molecular complexity index is 786. The van der Waals surface area contributed by atoms with Gasteiger partial charge in [-0.2, -0.15) is 0 Å². The summed E-state index contributed by atoms with van der Waals surface area (Å²) in [6.07, 6.45) is 0. The number of sulfonamides is 1. The van der Waals surface area contributed by atoms with Gasteiger partial charge in [-0.1, -0.05) is 24.3 Å². The normalized spacial score (nSPS) is 16.0. The molecular weight excluding hydrogens is 343 g/mol. The van der Waals surface area contributed by atoms with Crippen molar-refractivity contribution in [1.82, 2.24) is 9.62 Å². The second-order valence-electron chi connectivity index (χ2n) is 5.98. The number of morpholine rings is 1. The highest BCUT2D eigenvalue weighted by molar-refractivity contribution is 7.89. The van der Waals surface area contributed by atoms with E-state index in [4.69, 9.17) is 4.74 Å². The summed E-state index contributed by atoms with van der Waals surface area (Å²) in [4.78, 5) is 2.38. The van der Waals surface area contributed by atoms with Crippen molar-refractivity contribution in [3.05, 3.63) is 65.5 Å². The molecule has 1 N–H and O–H groups in total. The van der Waals surface area contributed by atoms with Gasteiger partial charge in [0.15, 0.2) is 0 Å². The molecule has 1 aliphatic heterocycles. The molecule has 0 spiro atoms. The minimum Gasteiger partial charge on any atom is -0.379 e. The lowest BCUT2D eigenvalue weighted by atomic mass is 10.1. The van der Waals surface area contributed by atoms with E-state index in [1.165, 1.54) is 17.7 Å². The number of rotatable bonds is 6. The van der Waals surface area contributed by atoms with E-state index in [-0.39, 0.29) is 11.4 Å². The number of halogens is 1. The van der Waals surface area contributed by atoms with Crippen LogP contribution in [0.25, 0.3) is 0 Å². The lowest BCUT2D eigenvalue weighted by Crippen LogP contribution is -2.35. The highest BCUT2D eigenvalue weighted by Gasteiger charge is 2.14. The molecule has 0 saturated carbocycles. The molecule has 5 nitrogen and oxygen atoms in total. The van der Waals surface area contributed by atoms with Crippen LogP contribution in [0, 0.1) is 5.82 Å². The van der Waals surface area contributed by atoms with E-state index in [2.05, 4.69) is 9.62 Å². The summed E-state index contributed by atoms with van der Waals surface area (Å²) in [6.45, 7) is 4.45. The molecule has 0 atom stereocenters. The van der Waals surface area contributed by atoms with Gasteiger partial charge < -0.3 is 4.74 Å². The zero-order valence-electron chi connectivity index (χ0n) is 13.8. The van der Waals surface area contributed by atoms with Crippen LogP contribution < -0.4 is 4.72 Å². The van der Waals surface area contributed by atoms with Crippen LogP contribution in [0.2, 0.25) is 0 Å². The van der Waals surface area contributed by atoms with Crippen molar-refractivity contribution in [3.63, 3.8) is 0 Å². The van der Waals surface area contributed by atoms with Crippen molar-refractivity contribution >= 4 is 10.0 Å². The second-order valence-corrected chi connectivity index (χ2v) is 7.75. The lowest BCUT2D eigenvalue weighted by molar-refractivity contribution is 0.0342. The van der Waals surface area contributed by atoms with Gasteiger partial charge in [0.1, 0.15) is 5.82 Å². The molecule has 0 amide bonds. The Labute approximate surface area is 147 Å². The topological polar surface area (TPSA) is 58.6 Å².